The van der Waals surface area contributed by atoms with E-state index in [4.69, 9.17) is 0 Å². The van der Waals surface area contributed by atoms with Crippen molar-refractivity contribution in [1.29, 1.82) is 0 Å². The van der Waals surface area contributed by atoms with E-state index in [-0.39, 0.29) is 24.6 Å². The van der Waals surface area contributed by atoms with Crippen LogP contribution in [-0.4, -0.2) is 47.8 Å². The number of hydrogen-bond acceptors (Lipinski definition) is 5. The first kappa shape index (κ1) is 32.0. The topological polar surface area (TPSA) is 89.8 Å². The molecular weight excluding hydrogens is 441 g/mol. The number of allylic oxidation sites excluding steroid dienone is 1. The molecule has 0 unspecified atom stereocenters. The number of likely N-dealkylation sites (tertiary alicyclic amines) is 1. The van der Waals surface area contributed by atoms with Crippen molar-refractivity contribution in [3.63, 3.8) is 0 Å². The molecule has 0 bridgehead atoms. The second kappa shape index (κ2) is 16.5. The average Bonchev–Trinajstić information content (AvgIpc) is 2.81. The standard InChI is InChI=1S/C12H11F3N2O3.C7H10O2.2C2H6/c13-9-2-1-8(7-10(9)17(19)20)11(18)16-5-3-12(14,15)4-6-16;1-4-5-6(2)7(8)9-3;2*1-2/h1-2,7H,3-6H2;4-5H,2H2,1,3H3;2*1-2H3/b;5-4-;;. The van der Waals surface area contributed by atoms with Gasteiger partial charge in [0.25, 0.3) is 11.8 Å². The summed E-state index contributed by atoms with van der Waals surface area (Å²) in [4.78, 5) is 33.4. The molecule has 2 rings (SSSR count). The lowest BCUT2D eigenvalue weighted by Gasteiger charge is -2.31. The molecule has 1 fully saturated rings. The van der Waals surface area contributed by atoms with Gasteiger partial charge in [-0.25, -0.2) is 13.6 Å². The number of piperidine rings is 1. The molecule has 0 radical (unpaired) electrons. The lowest BCUT2D eigenvalue weighted by molar-refractivity contribution is -0.387. The van der Waals surface area contributed by atoms with E-state index in [0.29, 0.717) is 5.57 Å². The predicted octanol–water partition coefficient (Wildman–Crippen LogP) is 5.95. The van der Waals surface area contributed by atoms with Gasteiger partial charge in [-0.15, -0.1) is 0 Å². The smallest absolute Gasteiger partial charge is 0.337 e. The number of methoxy groups -OCH3 is 1. The van der Waals surface area contributed by atoms with Crippen molar-refractivity contribution >= 4 is 17.6 Å². The van der Waals surface area contributed by atoms with Crippen LogP contribution in [0.4, 0.5) is 18.9 Å². The largest absolute Gasteiger partial charge is 0.465 e. The van der Waals surface area contributed by atoms with Crippen LogP contribution in [0.15, 0.2) is 42.5 Å². The van der Waals surface area contributed by atoms with Crippen molar-refractivity contribution in [2.45, 2.75) is 53.4 Å². The van der Waals surface area contributed by atoms with Gasteiger partial charge in [0.2, 0.25) is 5.82 Å². The van der Waals surface area contributed by atoms with Crippen LogP contribution in [-0.2, 0) is 9.53 Å². The van der Waals surface area contributed by atoms with Crippen LogP contribution in [0.5, 0.6) is 0 Å². The van der Waals surface area contributed by atoms with Gasteiger partial charge in [-0.05, 0) is 19.1 Å². The predicted molar refractivity (Wildman–Crippen MR) is 122 cm³/mol. The van der Waals surface area contributed by atoms with Gasteiger partial charge in [-0.1, -0.05) is 46.4 Å². The van der Waals surface area contributed by atoms with Crippen molar-refractivity contribution in [2.24, 2.45) is 0 Å². The molecule has 1 amide bonds. The van der Waals surface area contributed by atoms with E-state index in [1.54, 1.807) is 12.2 Å². The third kappa shape index (κ3) is 11.3. The first-order valence-corrected chi connectivity index (χ1v) is 10.5. The first-order valence-electron chi connectivity index (χ1n) is 10.5. The van der Waals surface area contributed by atoms with E-state index >= 15 is 0 Å². The summed E-state index contributed by atoms with van der Waals surface area (Å²) in [5, 5.41) is 10.6. The molecule has 0 saturated carbocycles. The van der Waals surface area contributed by atoms with Crippen molar-refractivity contribution < 1.29 is 32.4 Å². The third-order valence-corrected chi connectivity index (χ3v) is 3.99. The van der Waals surface area contributed by atoms with Gasteiger partial charge in [-0.3, -0.25) is 14.9 Å². The number of benzene rings is 1. The van der Waals surface area contributed by atoms with E-state index in [1.165, 1.54) is 12.0 Å². The third-order valence-electron chi connectivity index (χ3n) is 3.99. The highest BCUT2D eigenvalue weighted by molar-refractivity contribution is 5.95. The number of nitrogens with zero attached hydrogens (tertiary/aromatic N) is 2. The molecule has 1 aliphatic heterocycles. The molecule has 1 heterocycles. The average molecular weight is 475 g/mol. The highest BCUT2D eigenvalue weighted by atomic mass is 19.3. The molecule has 0 spiro atoms. The summed E-state index contributed by atoms with van der Waals surface area (Å²) in [5.74, 6) is -4.82. The SMILES string of the molecule is C=C(/C=C\C)C(=O)OC.CC.CC.O=C(c1ccc(F)c([N+](=O)[O-])c1)N1CCC(F)(F)CC1. The van der Waals surface area contributed by atoms with E-state index in [0.717, 1.165) is 18.2 Å². The van der Waals surface area contributed by atoms with Crippen LogP contribution in [0.1, 0.15) is 57.8 Å². The van der Waals surface area contributed by atoms with Crippen molar-refractivity contribution in [1.82, 2.24) is 4.90 Å². The van der Waals surface area contributed by atoms with E-state index in [1.807, 2.05) is 34.6 Å². The van der Waals surface area contributed by atoms with Gasteiger partial charge in [0.15, 0.2) is 0 Å². The number of carbonyl (C=O) groups is 2. The maximum atomic E-state index is 13.2. The molecule has 0 aliphatic carbocycles. The second-order valence-electron chi connectivity index (χ2n) is 6.09. The Labute approximate surface area is 193 Å². The molecule has 1 saturated heterocycles. The number of rotatable bonds is 4. The molecule has 0 atom stereocenters. The lowest BCUT2D eigenvalue weighted by atomic mass is 10.1. The summed E-state index contributed by atoms with van der Waals surface area (Å²) < 4.78 is 43.5. The fourth-order valence-corrected chi connectivity index (χ4v) is 2.41. The summed E-state index contributed by atoms with van der Waals surface area (Å²) >= 11 is 0. The number of esters is 1. The lowest BCUT2D eigenvalue weighted by Crippen LogP contribution is -2.42. The van der Waals surface area contributed by atoms with Gasteiger partial charge in [-0.2, -0.15) is 4.39 Å². The van der Waals surface area contributed by atoms with Crippen LogP contribution in [0, 0.1) is 15.9 Å². The highest BCUT2D eigenvalue weighted by Gasteiger charge is 2.36. The molecular formula is C23H33F3N2O5. The van der Waals surface area contributed by atoms with Crippen LogP contribution in [0.25, 0.3) is 0 Å². The minimum atomic E-state index is -2.79. The quantitative estimate of drug-likeness (QED) is 0.177. The summed E-state index contributed by atoms with van der Waals surface area (Å²) in [7, 11) is 1.33. The van der Waals surface area contributed by atoms with Gasteiger partial charge >= 0.3 is 11.7 Å². The number of amides is 1. The van der Waals surface area contributed by atoms with Crippen LogP contribution >= 0.6 is 0 Å². The highest BCUT2D eigenvalue weighted by Crippen LogP contribution is 2.29. The summed E-state index contributed by atoms with van der Waals surface area (Å²) in [6, 6.07) is 2.76. The maximum absolute atomic E-state index is 13.2. The van der Waals surface area contributed by atoms with Gasteiger partial charge in [0.1, 0.15) is 0 Å². The molecule has 0 N–H and O–H groups in total. The minimum absolute atomic E-state index is 0.0803. The van der Waals surface area contributed by atoms with Gasteiger partial charge < -0.3 is 9.64 Å². The van der Waals surface area contributed by atoms with E-state index in [9.17, 15) is 32.9 Å². The number of ether oxygens (including phenoxy) is 1. The van der Waals surface area contributed by atoms with E-state index in [2.05, 4.69) is 11.3 Å². The number of nitro benzene ring substituents is 1. The second-order valence-corrected chi connectivity index (χ2v) is 6.09. The molecule has 1 aliphatic rings. The Morgan fingerprint density at radius 1 is 1.18 bits per heavy atom. The molecule has 0 aromatic heterocycles. The zero-order chi connectivity index (χ0) is 26.2. The number of alkyl halides is 2. The Hall–Kier alpha value is -3.17. The van der Waals surface area contributed by atoms with Gasteiger partial charge in [0, 0.05) is 37.6 Å². The molecule has 33 heavy (non-hydrogen) atoms. The zero-order valence-electron chi connectivity index (χ0n) is 20.0. The summed E-state index contributed by atoms with van der Waals surface area (Å²) in [6.07, 6.45) is 2.45. The Bertz CT molecular complexity index is 816. The molecule has 186 valence electrons. The Morgan fingerprint density at radius 2 is 1.70 bits per heavy atom. The Balaban J connectivity index is 0. The van der Waals surface area contributed by atoms with Crippen LogP contribution in [0.2, 0.25) is 0 Å². The van der Waals surface area contributed by atoms with Crippen LogP contribution < -0.4 is 0 Å². The maximum Gasteiger partial charge on any atom is 0.337 e. The first-order chi connectivity index (χ1) is 15.5. The fourth-order valence-electron chi connectivity index (χ4n) is 2.41. The van der Waals surface area contributed by atoms with Crippen molar-refractivity contribution in [3.05, 3.63) is 64.0 Å². The molecule has 10 heteroatoms. The van der Waals surface area contributed by atoms with Crippen molar-refractivity contribution in [3.8, 4) is 0 Å². The number of halogens is 3. The van der Waals surface area contributed by atoms with Crippen LogP contribution in [0.3, 0.4) is 0 Å². The minimum Gasteiger partial charge on any atom is -0.465 e. The fraction of sp³-hybridized carbons (Fsp3) is 0.478. The number of carbonyl (C=O) groups excluding carboxylic acids is 2. The normalized spacial score (nSPS) is 13.8. The van der Waals surface area contributed by atoms with E-state index < -0.39 is 41.1 Å². The number of nitro groups is 1. The Morgan fingerprint density at radius 3 is 2.12 bits per heavy atom. The Kier molecular flexibility index (Phi) is 16.0. The summed E-state index contributed by atoms with van der Waals surface area (Å²) in [5.41, 5.74) is -0.512. The monoisotopic (exact) mass is 474 g/mol. The zero-order valence-corrected chi connectivity index (χ0v) is 20.0. The number of hydrogen-bond donors (Lipinski definition) is 0. The molecule has 1 aromatic carbocycles. The van der Waals surface area contributed by atoms with Gasteiger partial charge in [0.05, 0.1) is 17.6 Å². The summed E-state index contributed by atoms with van der Waals surface area (Å²) in [6.45, 7) is 13.0. The molecule has 1 aromatic rings. The van der Waals surface area contributed by atoms with Crippen molar-refractivity contribution in [2.75, 3.05) is 20.2 Å². The molecule has 7 nitrogen and oxygen atoms in total.